The van der Waals surface area contributed by atoms with Crippen LogP contribution in [0.5, 0.6) is 0 Å². The lowest BCUT2D eigenvalue weighted by molar-refractivity contribution is -0.143. The lowest BCUT2D eigenvalue weighted by Crippen LogP contribution is -2.26. The first-order chi connectivity index (χ1) is 9.08. The summed E-state index contributed by atoms with van der Waals surface area (Å²) in [4.78, 5) is 11.4. The molecule has 0 aliphatic heterocycles. The summed E-state index contributed by atoms with van der Waals surface area (Å²) in [5.74, 6) is 0.331. The van der Waals surface area contributed by atoms with Gasteiger partial charge >= 0.3 is 5.97 Å². The van der Waals surface area contributed by atoms with Crippen LogP contribution in [-0.4, -0.2) is 23.7 Å². The van der Waals surface area contributed by atoms with Crippen molar-refractivity contribution in [3.8, 4) is 0 Å². The van der Waals surface area contributed by atoms with Crippen LogP contribution in [0.25, 0.3) is 0 Å². The molecule has 0 bridgehead atoms. The van der Waals surface area contributed by atoms with Crippen LogP contribution in [0.4, 0.5) is 0 Å². The molecule has 4 nitrogen and oxygen atoms in total. The number of carbonyl (C=O) groups is 1. The van der Waals surface area contributed by atoms with Crippen molar-refractivity contribution in [2.45, 2.75) is 46.7 Å². The van der Waals surface area contributed by atoms with E-state index in [0.29, 0.717) is 18.6 Å². The molecule has 1 aromatic rings. The van der Waals surface area contributed by atoms with Gasteiger partial charge in [0.15, 0.2) is 0 Å². The van der Waals surface area contributed by atoms with Crippen molar-refractivity contribution in [2.75, 3.05) is 13.2 Å². The molecule has 4 heteroatoms. The number of ether oxygens (including phenoxy) is 1. The van der Waals surface area contributed by atoms with Crippen LogP contribution >= 0.6 is 0 Å². The van der Waals surface area contributed by atoms with E-state index in [4.69, 9.17) is 4.74 Å². The van der Waals surface area contributed by atoms with Crippen LogP contribution in [0.1, 0.15) is 45.7 Å². The molecular formula is C15H26N2O2. The monoisotopic (exact) mass is 266 g/mol. The van der Waals surface area contributed by atoms with Gasteiger partial charge in [-0.3, -0.25) is 4.79 Å². The first-order valence-electron chi connectivity index (χ1n) is 7.13. The maximum atomic E-state index is 11.4. The molecule has 0 saturated carbocycles. The fourth-order valence-electron chi connectivity index (χ4n) is 2.14. The second kappa shape index (κ2) is 8.00. The minimum absolute atomic E-state index is 0.188. The van der Waals surface area contributed by atoms with Crippen LogP contribution < -0.4 is 5.32 Å². The second-order valence-electron chi connectivity index (χ2n) is 5.10. The quantitative estimate of drug-likeness (QED) is 0.736. The minimum atomic E-state index is -0.188. The maximum Gasteiger partial charge on any atom is 0.325 e. The van der Waals surface area contributed by atoms with Gasteiger partial charge in [0.05, 0.1) is 6.61 Å². The lowest BCUT2D eigenvalue weighted by Gasteiger charge is -2.21. The van der Waals surface area contributed by atoms with Gasteiger partial charge in [0.2, 0.25) is 0 Å². The fraction of sp³-hybridized carbons (Fsp3) is 0.667. The molecule has 0 aromatic carbocycles. The van der Waals surface area contributed by atoms with E-state index in [9.17, 15) is 4.79 Å². The Morgan fingerprint density at radius 2 is 2.16 bits per heavy atom. The van der Waals surface area contributed by atoms with E-state index in [-0.39, 0.29) is 12.5 Å². The number of carbonyl (C=O) groups excluding carboxylic acids is 1. The van der Waals surface area contributed by atoms with E-state index >= 15 is 0 Å². The number of hydrogen-bond donors (Lipinski definition) is 1. The van der Waals surface area contributed by atoms with E-state index in [1.165, 1.54) is 5.56 Å². The summed E-state index contributed by atoms with van der Waals surface area (Å²) < 4.78 is 6.84. The molecule has 0 fully saturated rings. The number of esters is 1. The third kappa shape index (κ3) is 5.07. The molecule has 0 aliphatic carbocycles. The third-order valence-electron chi connectivity index (χ3n) is 3.03. The van der Waals surface area contributed by atoms with Crippen molar-refractivity contribution in [2.24, 2.45) is 5.92 Å². The molecule has 1 unspecified atom stereocenters. The Labute approximate surface area is 116 Å². The normalized spacial score (nSPS) is 12.7. The van der Waals surface area contributed by atoms with Gasteiger partial charge in [0, 0.05) is 18.4 Å². The second-order valence-corrected chi connectivity index (χ2v) is 5.10. The number of rotatable bonds is 8. The lowest BCUT2D eigenvalue weighted by atomic mass is 9.98. The highest BCUT2D eigenvalue weighted by Crippen LogP contribution is 2.21. The highest BCUT2D eigenvalue weighted by Gasteiger charge is 2.16. The van der Waals surface area contributed by atoms with E-state index in [1.54, 1.807) is 0 Å². The van der Waals surface area contributed by atoms with Crippen molar-refractivity contribution < 1.29 is 9.53 Å². The molecule has 108 valence electrons. The predicted octanol–water partition coefficient (Wildman–Crippen LogP) is 2.75. The summed E-state index contributed by atoms with van der Waals surface area (Å²) >= 11 is 0. The molecule has 19 heavy (non-hydrogen) atoms. The molecule has 0 amide bonds. The van der Waals surface area contributed by atoms with Gasteiger partial charge in [-0.2, -0.15) is 0 Å². The average molecular weight is 266 g/mol. The highest BCUT2D eigenvalue weighted by atomic mass is 16.5. The molecule has 0 aliphatic rings. The number of nitrogens with zero attached hydrogens (tertiary/aromatic N) is 1. The summed E-state index contributed by atoms with van der Waals surface area (Å²) in [5, 5.41) is 3.55. The molecular weight excluding hydrogens is 240 g/mol. The van der Waals surface area contributed by atoms with Gasteiger partial charge in [-0.1, -0.05) is 20.8 Å². The third-order valence-corrected chi connectivity index (χ3v) is 3.03. The molecule has 1 atom stereocenters. The summed E-state index contributed by atoms with van der Waals surface area (Å²) in [6.45, 7) is 10.1. The van der Waals surface area contributed by atoms with Crippen molar-refractivity contribution in [1.82, 2.24) is 9.88 Å². The highest BCUT2D eigenvalue weighted by molar-refractivity contribution is 5.69. The zero-order valence-corrected chi connectivity index (χ0v) is 12.5. The maximum absolute atomic E-state index is 11.4. The fourth-order valence-corrected chi connectivity index (χ4v) is 2.14. The predicted molar refractivity (Wildman–Crippen MR) is 76.9 cm³/mol. The average Bonchev–Trinajstić information content (AvgIpc) is 2.77. The van der Waals surface area contributed by atoms with Crippen molar-refractivity contribution in [3.05, 3.63) is 24.0 Å². The van der Waals surface area contributed by atoms with Crippen molar-refractivity contribution in [3.63, 3.8) is 0 Å². The number of nitrogens with one attached hydrogen (secondary N) is 1. The smallest absolute Gasteiger partial charge is 0.325 e. The molecule has 0 spiro atoms. The zero-order chi connectivity index (χ0) is 14.3. The Kier molecular flexibility index (Phi) is 6.64. The van der Waals surface area contributed by atoms with Crippen LogP contribution in [0.15, 0.2) is 18.5 Å². The number of aromatic nitrogens is 1. The molecule has 1 aromatic heterocycles. The van der Waals surface area contributed by atoms with Gasteiger partial charge in [-0.25, -0.2) is 0 Å². The van der Waals surface area contributed by atoms with E-state index in [1.807, 2.05) is 23.9 Å². The first-order valence-corrected chi connectivity index (χ1v) is 7.13. The van der Waals surface area contributed by atoms with E-state index < -0.39 is 0 Å². The van der Waals surface area contributed by atoms with Crippen LogP contribution in [-0.2, 0) is 16.1 Å². The molecule has 0 radical (unpaired) electrons. The minimum Gasteiger partial charge on any atom is -0.465 e. The Morgan fingerprint density at radius 3 is 2.74 bits per heavy atom. The van der Waals surface area contributed by atoms with Gasteiger partial charge in [0.25, 0.3) is 0 Å². The van der Waals surface area contributed by atoms with Gasteiger partial charge in [-0.05, 0) is 37.4 Å². The largest absolute Gasteiger partial charge is 0.465 e. The van der Waals surface area contributed by atoms with Gasteiger partial charge in [-0.15, -0.1) is 0 Å². The summed E-state index contributed by atoms with van der Waals surface area (Å²) in [6, 6.07) is 2.41. The Hall–Kier alpha value is -1.29. The standard InChI is InChI=1S/C15H26N2O2/c1-5-8-16-15(12(3)4)13-7-9-17(10-13)11-14(18)19-6-2/h7,9-10,12,15-16H,5-6,8,11H2,1-4H3. The van der Waals surface area contributed by atoms with Crippen LogP contribution in [0, 0.1) is 5.92 Å². The number of hydrogen-bond acceptors (Lipinski definition) is 3. The molecule has 1 heterocycles. The summed E-state index contributed by atoms with van der Waals surface area (Å²) in [7, 11) is 0. The summed E-state index contributed by atoms with van der Waals surface area (Å²) in [6.07, 6.45) is 5.09. The molecule has 1 N–H and O–H groups in total. The van der Waals surface area contributed by atoms with E-state index in [0.717, 1.165) is 13.0 Å². The molecule has 1 rings (SSSR count). The SMILES string of the molecule is CCCNC(c1ccn(CC(=O)OCC)c1)C(C)C. The van der Waals surface area contributed by atoms with Crippen molar-refractivity contribution in [1.29, 1.82) is 0 Å². The zero-order valence-electron chi connectivity index (χ0n) is 12.5. The van der Waals surface area contributed by atoms with E-state index in [2.05, 4.69) is 32.2 Å². The first kappa shape index (κ1) is 15.8. The Bertz CT molecular complexity index is 385. The topological polar surface area (TPSA) is 43.3 Å². The van der Waals surface area contributed by atoms with Crippen molar-refractivity contribution >= 4 is 5.97 Å². The van der Waals surface area contributed by atoms with Gasteiger partial charge in [0.1, 0.15) is 6.54 Å². The van der Waals surface area contributed by atoms with Gasteiger partial charge < -0.3 is 14.6 Å². The Balaban J connectivity index is 2.67. The Morgan fingerprint density at radius 1 is 1.42 bits per heavy atom. The summed E-state index contributed by atoms with van der Waals surface area (Å²) in [5.41, 5.74) is 1.23. The molecule has 0 saturated heterocycles. The van der Waals surface area contributed by atoms with Crippen LogP contribution in [0.3, 0.4) is 0 Å². The van der Waals surface area contributed by atoms with Crippen LogP contribution in [0.2, 0.25) is 0 Å².